The molecule has 0 aliphatic rings. The Kier molecular flexibility index (Phi) is 2.61. The summed E-state index contributed by atoms with van der Waals surface area (Å²) >= 11 is 5.44. The van der Waals surface area contributed by atoms with Crippen molar-refractivity contribution in [2.45, 2.75) is 11.8 Å². The van der Waals surface area contributed by atoms with Crippen LogP contribution in [0.1, 0.15) is 5.56 Å². The first-order valence-corrected chi connectivity index (χ1v) is 5.08. The van der Waals surface area contributed by atoms with Crippen LogP contribution >= 0.6 is 11.6 Å². The summed E-state index contributed by atoms with van der Waals surface area (Å²) in [5.74, 6) is -0.716. The van der Waals surface area contributed by atoms with Gasteiger partial charge in [-0.3, -0.25) is 4.55 Å². The van der Waals surface area contributed by atoms with Crippen LogP contribution in [0.3, 0.4) is 0 Å². The van der Waals surface area contributed by atoms with E-state index in [2.05, 4.69) is 0 Å². The summed E-state index contributed by atoms with van der Waals surface area (Å²) in [6, 6.07) is 1.85. The van der Waals surface area contributed by atoms with Crippen LogP contribution in [0.25, 0.3) is 0 Å². The van der Waals surface area contributed by atoms with Crippen molar-refractivity contribution in [2.75, 3.05) is 0 Å². The second kappa shape index (κ2) is 3.25. The van der Waals surface area contributed by atoms with Gasteiger partial charge in [-0.2, -0.15) is 8.42 Å². The molecule has 0 bridgehead atoms. The van der Waals surface area contributed by atoms with Crippen LogP contribution in [0.4, 0.5) is 4.39 Å². The van der Waals surface area contributed by atoms with Crippen molar-refractivity contribution in [1.82, 2.24) is 0 Å². The molecule has 0 amide bonds. The van der Waals surface area contributed by atoms with Crippen LogP contribution in [0, 0.1) is 12.7 Å². The second-order valence-electron chi connectivity index (χ2n) is 2.46. The highest BCUT2D eigenvalue weighted by Crippen LogP contribution is 2.25. The first kappa shape index (κ1) is 10.4. The normalized spacial score (nSPS) is 11.7. The van der Waals surface area contributed by atoms with Crippen molar-refractivity contribution in [3.8, 4) is 0 Å². The molecule has 0 radical (unpaired) electrons. The highest BCUT2D eigenvalue weighted by atomic mass is 35.5. The second-order valence-corrected chi connectivity index (χ2v) is 4.23. The minimum Gasteiger partial charge on any atom is -0.282 e. The summed E-state index contributed by atoms with van der Waals surface area (Å²) in [6.07, 6.45) is 0. The zero-order valence-corrected chi connectivity index (χ0v) is 8.16. The Balaban J connectivity index is 3.53. The Morgan fingerprint density at radius 3 is 2.46 bits per heavy atom. The number of hydrogen-bond acceptors (Lipinski definition) is 2. The first-order valence-electron chi connectivity index (χ1n) is 3.26. The molecule has 0 atom stereocenters. The maximum Gasteiger partial charge on any atom is 0.294 e. The molecule has 1 aromatic carbocycles. The quantitative estimate of drug-likeness (QED) is 0.743. The van der Waals surface area contributed by atoms with E-state index in [1.54, 1.807) is 0 Å². The van der Waals surface area contributed by atoms with Gasteiger partial charge in [0.15, 0.2) is 0 Å². The lowest BCUT2D eigenvalue weighted by Crippen LogP contribution is -2.01. The highest BCUT2D eigenvalue weighted by molar-refractivity contribution is 7.85. The largest absolute Gasteiger partial charge is 0.294 e. The van der Waals surface area contributed by atoms with Crippen LogP contribution in [-0.4, -0.2) is 13.0 Å². The van der Waals surface area contributed by atoms with Crippen molar-refractivity contribution < 1.29 is 17.4 Å². The van der Waals surface area contributed by atoms with Gasteiger partial charge >= 0.3 is 0 Å². The lowest BCUT2D eigenvalue weighted by molar-refractivity contribution is 0.482. The van der Waals surface area contributed by atoms with E-state index in [0.29, 0.717) is 0 Å². The Hall–Kier alpha value is -0.650. The van der Waals surface area contributed by atoms with Crippen molar-refractivity contribution in [3.63, 3.8) is 0 Å². The minimum absolute atomic E-state index is 0.00386. The van der Waals surface area contributed by atoms with Gasteiger partial charge in [0.05, 0.1) is 9.92 Å². The van der Waals surface area contributed by atoms with E-state index < -0.39 is 15.9 Å². The van der Waals surface area contributed by atoms with E-state index in [4.69, 9.17) is 16.2 Å². The maximum atomic E-state index is 12.7. The molecule has 0 saturated heterocycles. The molecule has 6 heteroatoms. The van der Waals surface area contributed by atoms with Gasteiger partial charge in [-0.1, -0.05) is 11.6 Å². The molecule has 0 fully saturated rings. The van der Waals surface area contributed by atoms with E-state index >= 15 is 0 Å². The monoisotopic (exact) mass is 224 g/mol. The fourth-order valence-corrected chi connectivity index (χ4v) is 1.86. The van der Waals surface area contributed by atoms with E-state index in [0.717, 1.165) is 12.1 Å². The van der Waals surface area contributed by atoms with Gasteiger partial charge < -0.3 is 0 Å². The standard InChI is InChI=1S/C7H6ClFO3S/c1-4-6(13(10,11)12)3-2-5(9)7(4)8/h2-3H,1H3,(H,10,11,12). The third-order valence-corrected chi connectivity index (χ3v) is 3.03. The Morgan fingerprint density at radius 2 is 2.00 bits per heavy atom. The fraction of sp³-hybridized carbons (Fsp3) is 0.143. The molecule has 0 aliphatic heterocycles. The Labute approximate surface area is 79.9 Å². The molecule has 3 nitrogen and oxygen atoms in total. The molecule has 72 valence electrons. The summed E-state index contributed by atoms with van der Waals surface area (Å²) in [5, 5.41) is -0.296. The lowest BCUT2D eigenvalue weighted by Gasteiger charge is -2.04. The van der Waals surface area contributed by atoms with Crippen LogP contribution < -0.4 is 0 Å². The number of rotatable bonds is 1. The van der Waals surface area contributed by atoms with Crippen molar-refractivity contribution >= 4 is 21.7 Å². The Bertz CT molecular complexity index is 441. The van der Waals surface area contributed by atoms with E-state index in [9.17, 15) is 12.8 Å². The molecule has 0 unspecified atom stereocenters. The van der Waals surface area contributed by atoms with Crippen molar-refractivity contribution in [1.29, 1.82) is 0 Å². The first-order chi connectivity index (χ1) is 5.84. The SMILES string of the molecule is Cc1c(S(=O)(=O)O)ccc(F)c1Cl. The van der Waals surface area contributed by atoms with Crippen LogP contribution in [0.15, 0.2) is 17.0 Å². The van der Waals surface area contributed by atoms with E-state index in [-0.39, 0.29) is 15.5 Å². The molecule has 0 aliphatic carbocycles. The van der Waals surface area contributed by atoms with Gasteiger partial charge in [0.25, 0.3) is 10.1 Å². The molecular formula is C7H6ClFO3S. The van der Waals surface area contributed by atoms with E-state index in [1.807, 2.05) is 0 Å². The summed E-state index contributed by atoms with van der Waals surface area (Å²) in [6.45, 7) is 1.31. The Morgan fingerprint density at radius 1 is 1.46 bits per heavy atom. The van der Waals surface area contributed by atoms with Gasteiger partial charge in [-0.05, 0) is 24.6 Å². The highest BCUT2D eigenvalue weighted by Gasteiger charge is 2.16. The molecule has 1 rings (SSSR count). The van der Waals surface area contributed by atoms with Gasteiger partial charge in [-0.25, -0.2) is 4.39 Å². The minimum atomic E-state index is -4.32. The van der Waals surface area contributed by atoms with Gasteiger partial charge in [0, 0.05) is 0 Å². The molecule has 13 heavy (non-hydrogen) atoms. The molecule has 0 saturated carbocycles. The third kappa shape index (κ3) is 1.99. The topological polar surface area (TPSA) is 54.4 Å². The molecule has 1 N–H and O–H groups in total. The molecule has 1 aromatic rings. The van der Waals surface area contributed by atoms with Gasteiger partial charge in [0.1, 0.15) is 5.82 Å². The number of hydrogen-bond donors (Lipinski definition) is 1. The van der Waals surface area contributed by atoms with Crippen LogP contribution in [0.5, 0.6) is 0 Å². The lowest BCUT2D eigenvalue weighted by atomic mass is 10.2. The smallest absolute Gasteiger partial charge is 0.282 e. The number of benzene rings is 1. The fourth-order valence-electron chi connectivity index (χ4n) is 0.914. The predicted octanol–water partition coefficient (Wildman–Crippen LogP) is 2.03. The van der Waals surface area contributed by atoms with Gasteiger partial charge in [-0.15, -0.1) is 0 Å². The number of halogens is 2. The average molecular weight is 225 g/mol. The van der Waals surface area contributed by atoms with E-state index in [1.165, 1.54) is 6.92 Å². The summed E-state index contributed by atoms with van der Waals surface area (Å²) < 4.78 is 42.8. The van der Waals surface area contributed by atoms with Crippen molar-refractivity contribution in [2.24, 2.45) is 0 Å². The zero-order chi connectivity index (χ0) is 10.2. The average Bonchev–Trinajstić information content (AvgIpc) is 1.98. The molecule has 0 spiro atoms. The zero-order valence-electron chi connectivity index (χ0n) is 6.58. The van der Waals surface area contributed by atoms with Crippen LogP contribution in [0.2, 0.25) is 5.02 Å². The van der Waals surface area contributed by atoms with Crippen molar-refractivity contribution in [3.05, 3.63) is 28.5 Å². The third-order valence-electron chi connectivity index (χ3n) is 1.57. The maximum absolute atomic E-state index is 12.7. The molecule has 0 heterocycles. The molecular weight excluding hydrogens is 219 g/mol. The summed E-state index contributed by atoms with van der Waals surface area (Å²) in [5.41, 5.74) is 0.00386. The molecule has 0 aromatic heterocycles. The van der Waals surface area contributed by atoms with Crippen LogP contribution in [-0.2, 0) is 10.1 Å². The summed E-state index contributed by atoms with van der Waals surface area (Å²) in [7, 11) is -4.32. The van der Waals surface area contributed by atoms with Gasteiger partial charge in [0.2, 0.25) is 0 Å². The summed E-state index contributed by atoms with van der Waals surface area (Å²) in [4.78, 5) is -0.376. The predicted molar refractivity (Wildman–Crippen MR) is 46.0 cm³/mol.